The van der Waals surface area contributed by atoms with E-state index in [4.69, 9.17) is 5.73 Å². The second-order valence-electron chi connectivity index (χ2n) is 4.09. The Morgan fingerprint density at radius 3 is 2.58 bits per heavy atom. The lowest BCUT2D eigenvalue weighted by atomic mass is 10.1. The molecular weight excluding hydrogens is 308 g/mol. The average Bonchev–Trinajstić information content (AvgIpc) is 2.40. The molecule has 19 heavy (non-hydrogen) atoms. The molecule has 0 aliphatic rings. The lowest BCUT2D eigenvalue weighted by Gasteiger charge is -2.08. The van der Waals surface area contributed by atoms with Crippen molar-refractivity contribution < 1.29 is 9.90 Å². The Hall–Kier alpha value is -2.01. The van der Waals surface area contributed by atoms with Crippen LogP contribution in [0.2, 0.25) is 0 Å². The molecule has 0 heterocycles. The summed E-state index contributed by atoms with van der Waals surface area (Å²) in [6, 6.07) is 11.8. The number of nitrogen functional groups attached to an aromatic ring is 1. The van der Waals surface area contributed by atoms with Gasteiger partial charge in [-0.1, -0.05) is 12.1 Å². The Kier molecular flexibility index (Phi) is 4.06. The first-order chi connectivity index (χ1) is 9.06. The number of rotatable bonds is 3. The van der Waals surface area contributed by atoms with Crippen LogP contribution in [0.15, 0.2) is 46.9 Å². The van der Waals surface area contributed by atoms with Gasteiger partial charge in [0.25, 0.3) is 5.91 Å². The second-order valence-corrected chi connectivity index (χ2v) is 4.94. The molecule has 2 aromatic carbocycles. The maximum atomic E-state index is 12.0. The second kappa shape index (κ2) is 5.75. The Balaban J connectivity index is 2.05. The van der Waals surface area contributed by atoms with E-state index in [1.807, 2.05) is 0 Å². The number of phenols is 1. The minimum absolute atomic E-state index is 0.202. The Morgan fingerprint density at radius 1 is 1.21 bits per heavy atom. The average molecular weight is 321 g/mol. The number of phenolic OH excluding ortho intramolecular Hbond substituents is 1. The minimum atomic E-state index is -0.202. The van der Waals surface area contributed by atoms with E-state index in [9.17, 15) is 9.90 Å². The highest BCUT2D eigenvalue weighted by Crippen LogP contribution is 2.19. The fraction of sp³-hybridized carbons (Fsp3) is 0.0714. The third-order valence-electron chi connectivity index (χ3n) is 2.62. The van der Waals surface area contributed by atoms with E-state index in [2.05, 4.69) is 21.2 Å². The number of aromatic hydroxyl groups is 1. The zero-order valence-electron chi connectivity index (χ0n) is 10.1. The Morgan fingerprint density at radius 2 is 1.89 bits per heavy atom. The molecule has 0 atom stereocenters. The highest BCUT2D eigenvalue weighted by atomic mass is 79.9. The summed E-state index contributed by atoms with van der Waals surface area (Å²) in [4.78, 5) is 12.0. The maximum absolute atomic E-state index is 12.0. The van der Waals surface area contributed by atoms with Gasteiger partial charge in [-0.05, 0) is 51.8 Å². The van der Waals surface area contributed by atoms with Gasteiger partial charge in [-0.2, -0.15) is 0 Å². The van der Waals surface area contributed by atoms with Crippen LogP contribution in [-0.4, -0.2) is 11.0 Å². The molecule has 0 bridgehead atoms. The van der Waals surface area contributed by atoms with Gasteiger partial charge in [-0.15, -0.1) is 0 Å². The van der Waals surface area contributed by atoms with Crippen molar-refractivity contribution in [2.45, 2.75) is 6.54 Å². The van der Waals surface area contributed by atoms with Gasteiger partial charge in [-0.3, -0.25) is 4.79 Å². The number of hydrogen-bond donors (Lipinski definition) is 3. The van der Waals surface area contributed by atoms with Crippen LogP contribution >= 0.6 is 15.9 Å². The standard InChI is InChI=1S/C14H13BrN2O2/c15-13-6-3-10(16)7-12(13)14(19)17-8-9-1-4-11(18)5-2-9/h1-7,18H,8,16H2,(H,17,19). The van der Waals surface area contributed by atoms with Gasteiger partial charge in [0, 0.05) is 16.7 Å². The van der Waals surface area contributed by atoms with Crippen LogP contribution in [0.3, 0.4) is 0 Å². The topological polar surface area (TPSA) is 75.4 Å². The zero-order chi connectivity index (χ0) is 13.8. The van der Waals surface area contributed by atoms with Crippen LogP contribution in [0.4, 0.5) is 5.69 Å². The van der Waals surface area contributed by atoms with E-state index in [1.165, 1.54) is 0 Å². The van der Waals surface area contributed by atoms with E-state index in [1.54, 1.807) is 42.5 Å². The first-order valence-corrected chi connectivity index (χ1v) is 6.46. The van der Waals surface area contributed by atoms with Crippen LogP contribution in [0, 0.1) is 0 Å². The van der Waals surface area contributed by atoms with Crippen molar-refractivity contribution in [3.63, 3.8) is 0 Å². The van der Waals surface area contributed by atoms with Gasteiger partial charge in [-0.25, -0.2) is 0 Å². The number of nitrogens with one attached hydrogen (secondary N) is 1. The number of halogens is 1. The van der Waals surface area contributed by atoms with Gasteiger partial charge in [0.1, 0.15) is 5.75 Å². The first kappa shape index (κ1) is 13.4. The van der Waals surface area contributed by atoms with E-state index in [-0.39, 0.29) is 11.7 Å². The summed E-state index contributed by atoms with van der Waals surface area (Å²) in [5.41, 5.74) is 7.61. The van der Waals surface area contributed by atoms with Crippen molar-refractivity contribution in [3.05, 3.63) is 58.1 Å². The monoisotopic (exact) mass is 320 g/mol. The fourth-order valence-corrected chi connectivity index (χ4v) is 2.03. The Bertz CT molecular complexity index is 597. The molecule has 0 aliphatic carbocycles. The molecule has 2 aromatic rings. The smallest absolute Gasteiger partial charge is 0.252 e. The fourth-order valence-electron chi connectivity index (χ4n) is 1.61. The zero-order valence-corrected chi connectivity index (χ0v) is 11.6. The van der Waals surface area contributed by atoms with E-state index >= 15 is 0 Å². The molecule has 0 spiro atoms. The summed E-state index contributed by atoms with van der Waals surface area (Å²) in [6.07, 6.45) is 0. The summed E-state index contributed by atoms with van der Waals surface area (Å²) in [6.45, 7) is 0.389. The van der Waals surface area contributed by atoms with Crippen LogP contribution < -0.4 is 11.1 Å². The number of amides is 1. The molecule has 0 saturated carbocycles. The molecule has 0 radical (unpaired) electrons. The van der Waals surface area contributed by atoms with Gasteiger partial charge >= 0.3 is 0 Å². The number of carbonyl (C=O) groups excluding carboxylic acids is 1. The number of hydrogen-bond acceptors (Lipinski definition) is 3. The van der Waals surface area contributed by atoms with Crippen molar-refractivity contribution in [2.75, 3.05) is 5.73 Å². The third kappa shape index (κ3) is 3.48. The molecule has 0 aromatic heterocycles. The summed E-state index contributed by atoms with van der Waals surface area (Å²) < 4.78 is 0.699. The predicted molar refractivity (Wildman–Crippen MR) is 77.8 cm³/mol. The molecule has 0 aliphatic heterocycles. The number of carbonyl (C=O) groups is 1. The van der Waals surface area contributed by atoms with Gasteiger partial charge in [0.05, 0.1) is 5.56 Å². The lowest BCUT2D eigenvalue weighted by molar-refractivity contribution is 0.0950. The van der Waals surface area contributed by atoms with Crippen LogP contribution in [0.5, 0.6) is 5.75 Å². The third-order valence-corrected chi connectivity index (χ3v) is 3.32. The minimum Gasteiger partial charge on any atom is -0.508 e. The molecule has 0 saturated heterocycles. The largest absolute Gasteiger partial charge is 0.508 e. The van der Waals surface area contributed by atoms with Crippen molar-refractivity contribution in [1.82, 2.24) is 5.32 Å². The van der Waals surface area contributed by atoms with Crippen molar-refractivity contribution >= 4 is 27.5 Å². The SMILES string of the molecule is Nc1ccc(Br)c(C(=O)NCc2ccc(O)cc2)c1. The molecule has 98 valence electrons. The summed E-state index contributed by atoms with van der Waals surface area (Å²) >= 11 is 3.32. The van der Waals surface area contributed by atoms with Gasteiger partial charge in [0.15, 0.2) is 0 Å². The molecule has 4 N–H and O–H groups in total. The van der Waals surface area contributed by atoms with Crippen molar-refractivity contribution in [3.8, 4) is 5.75 Å². The van der Waals surface area contributed by atoms with E-state index < -0.39 is 0 Å². The van der Waals surface area contributed by atoms with Crippen molar-refractivity contribution in [2.24, 2.45) is 0 Å². The van der Waals surface area contributed by atoms with E-state index in [0.717, 1.165) is 5.56 Å². The van der Waals surface area contributed by atoms with Crippen LogP contribution in [0.25, 0.3) is 0 Å². The first-order valence-electron chi connectivity index (χ1n) is 5.67. The number of benzene rings is 2. The maximum Gasteiger partial charge on any atom is 0.252 e. The highest BCUT2D eigenvalue weighted by Gasteiger charge is 2.09. The quantitative estimate of drug-likeness (QED) is 0.761. The summed E-state index contributed by atoms with van der Waals surface area (Å²) in [5.74, 6) is 0.000837. The number of nitrogens with two attached hydrogens (primary N) is 1. The molecule has 0 unspecified atom stereocenters. The van der Waals surface area contributed by atoms with Crippen molar-refractivity contribution in [1.29, 1.82) is 0 Å². The molecule has 4 nitrogen and oxygen atoms in total. The van der Waals surface area contributed by atoms with Crippen LogP contribution in [0.1, 0.15) is 15.9 Å². The normalized spacial score (nSPS) is 10.2. The van der Waals surface area contributed by atoms with Gasteiger partial charge < -0.3 is 16.2 Å². The Labute approximate surface area is 119 Å². The van der Waals surface area contributed by atoms with Crippen LogP contribution in [-0.2, 0) is 6.54 Å². The molecular formula is C14H13BrN2O2. The summed E-state index contributed by atoms with van der Waals surface area (Å²) in [7, 11) is 0. The molecule has 2 rings (SSSR count). The predicted octanol–water partition coefficient (Wildman–Crippen LogP) is 2.67. The molecule has 5 heteroatoms. The van der Waals surface area contributed by atoms with E-state index in [0.29, 0.717) is 22.3 Å². The molecule has 0 fully saturated rings. The number of anilines is 1. The van der Waals surface area contributed by atoms with Gasteiger partial charge in [0.2, 0.25) is 0 Å². The highest BCUT2D eigenvalue weighted by molar-refractivity contribution is 9.10. The lowest BCUT2D eigenvalue weighted by Crippen LogP contribution is -2.23. The molecule has 1 amide bonds. The summed E-state index contributed by atoms with van der Waals surface area (Å²) in [5, 5.41) is 12.0.